The Kier molecular flexibility index (Phi) is 6.48. The Morgan fingerprint density at radius 2 is 1.96 bits per heavy atom. The van der Waals surface area contributed by atoms with E-state index >= 15 is 0 Å². The Bertz CT molecular complexity index is 522. The predicted molar refractivity (Wildman–Crippen MR) is 84.4 cm³/mol. The molecule has 0 bridgehead atoms. The Morgan fingerprint density at radius 3 is 2.62 bits per heavy atom. The molecule has 4 nitrogen and oxygen atoms in total. The van der Waals surface area contributed by atoms with E-state index in [2.05, 4.69) is 10.6 Å². The van der Waals surface area contributed by atoms with E-state index in [1.54, 1.807) is 12.1 Å². The lowest BCUT2D eigenvalue weighted by Crippen LogP contribution is -2.46. The van der Waals surface area contributed by atoms with Gasteiger partial charge in [0.1, 0.15) is 0 Å². The number of carbonyl (C=O) groups is 1. The summed E-state index contributed by atoms with van der Waals surface area (Å²) in [5, 5.41) is 15.2. The number of aliphatic hydroxyl groups excluding tert-OH is 1. The largest absolute Gasteiger partial charge is 0.391 e. The van der Waals surface area contributed by atoms with Crippen molar-refractivity contribution in [2.75, 3.05) is 6.54 Å². The smallest absolute Gasteiger partial charge is 0.388 e. The van der Waals surface area contributed by atoms with Gasteiger partial charge in [-0.1, -0.05) is 36.8 Å². The maximum Gasteiger partial charge on any atom is 0.391 e. The van der Waals surface area contributed by atoms with Crippen LogP contribution in [-0.2, 0) is 0 Å². The van der Waals surface area contributed by atoms with Crippen LogP contribution < -0.4 is 10.6 Å². The van der Waals surface area contributed by atoms with Crippen molar-refractivity contribution in [2.24, 2.45) is 5.92 Å². The summed E-state index contributed by atoms with van der Waals surface area (Å²) >= 11 is 0. The Hall–Kier alpha value is -1.76. The minimum Gasteiger partial charge on any atom is -0.388 e. The van der Waals surface area contributed by atoms with E-state index in [9.17, 15) is 23.1 Å². The van der Waals surface area contributed by atoms with Crippen molar-refractivity contribution in [3.63, 3.8) is 0 Å². The topological polar surface area (TPSA) is 61.4 Å². The zero-order chi connectivity index (χ0) is 17.6. The summed E-state index contributed by atoms with van der Waals surface area (Å²) in [6.45, 7) is 0.247. The molecule has 0 spiro atoms. The van der Waals surface area contributed by atoms with Crippen LogP contribution in [0, 0.1) is 5.92 Å². The van der Waals surface area contributed by atoms with E-state index in [0.29, 0.717) is 19.3 Å². The molecule has 2 amide bonds. The summed E-state index contributed by atoms with van der Waals surface area (Å²) in [7, 11) is 0. The molecule has 1 saturated carbocycles. The number of carbonyl (C=O) groups excluding carboxylic acids is 1. The van der Waals surface area contributed by atoms with Crippen molar-refractivity contribution in [2.45, 2.75) is 50.4 Å². The molecule has 3 N–H and O–H groups in total. The second-order valence-electron chi connectivity index (χ2n) is 6.22. The molecule has 3 atom stereocenters. The number of hydrogen-bond acceptors (Lipinski definition) is 2. The summed E-state index contributed by atoms with van der Waals surface area (Å²) in [5.41, 5.74) is 0.764. The first-order chi connectivity index (χ1) is 11.4. The number of amides is 2. The summed E-state index contributed by atoms with van der Waals surface area (Å²) in [6.07, 6.45) is -3.45. The first-order valence-electron chi connectivity index (χ1n) is 8.20. The molecule has 1 aliphatic rings. The zero-order valence-corrected chi connectivity index (χ0v) is 13.4. The van der Waals surface area contributed by atoms with Crippen LogP contribution in [0.4, 0.5) is 18.0 Å². The third-order valence-corrected chi connectivity index (χ3v) is 4.36. The fourth-order valence-corrected chi connectivity index (χ4v) is 3.02. The predicted octanol–water partition coefficient (Wildman–Crippen LogP) is 3.53. The third kappa shape index (κ3) is 5.70. The molecule has 1 aromatic carbocycles. The average Bonchev–Trinajstić information content (AvgIpc) is 2.55. The second kappa shape index (κ2) is 8.37. The molecule has 0 radical (unpaired) electrons. The van der Waals surface area contributed by atoms with Gasteiger partial charge in [0.2, 0.25) is 0 Å². The first kappa shape index (κ1) is 18.6. The summed E-state index contributed by atoms with van der Waals surface area (Å²) in [6, 6.07) is 8.14. The van der Waals surface area contributed by atoms with Gasteiger partial charge in [0.25, 0.3) is 0 Å². The number of alkyl halides is 3. The standard InChI is InChI=1S/C17H23F3N2O2/c18-17(19,20)13-7-4-8-14(11-13)22-16(24)21-10-9-15(23)12-5-2-1-3-6-12/h1-3,5-6,13-15,23H,4,7-11H2,(H2,21,22,24). The van der Waals surface area contributed by atoms with Gasteiger partial charge in [-0.3, -0.25) is 0 Å². The molecule has 0 aromatic heterocycles. The maximum absolute atomic E-state index is 12.7. The second-order valence-corrected chi connectivity index (χ2v) is 6.22. The Morgan fingerprint density at radius 1 is 1.25 bits per heavy atom. The highest BCUT2D eigenvalue weighted by atomic mass is 19.4. The van der Waals surface area contributed by atoms with Crippen LogP contribution in [0.1, 0.15) is 43.8 Å². The summed E-state index contributed by atoms with van der Waals surface area (Å²) in [5.74, 6) is -1.34. The van der Waals surface area contributed by atoms with Crippen molar-refractivity contribution in [3.05, 3.63) is 35.9 Å². The SMILES string of the molecule is O=C(NCCC(O)c1ccccc1)NC1CCCC(C(F)(F)F)C1. The molecule has 7 heteroatoms. The van der Waals surface area contributed by atoms with Crippen molar-refractivity contribution >= 4 is 6.03 Å². The van der Waals surface area contributed by atoms with Gasteiger partial charge in [-0.2, -0.15) is 13.2 Å². The molecule has 0 heterocycles. The van der Waals surface area contributed by atoms with Crippen molar-refractivity contribution in [1.29, 1.82) is 0 Å². The zero-order valence-electron chi connectivity index (χ0n) is 13.4. The molecule has 24 heavy (non-hydrogen) atoms. The number of rotatable bonds is 5. The van der Waals surface area contributed by atoms with Gasteiger partial charge in [0, 0.05) is 12.6 Å². The van der Waals surface area contributed by atoms with Crippen LogP contribution in [0.5, 0.6) is 0 Å². The van der Waals surface area contributed by atoms with Crippen molar-refractivity contribution in [1.82, 2.24) is 10.6 Å². The maximum atomic E-state index is 12.7. The van der Waals surface area contributed by atoms with E-state index in [0.717, 1.165) is 5.56 Å². The number of hydrogen-bond donors (Lipinski definition) is 3. The van der Waals surface area contributed by atoms with E-state index < -0.39 is 30.3 Å². The highest BCUT2D eigenvalue weighted by molar-refractivity contribution is 5.74. The highest BCUT2D eigenvalue weighted by Gasteiger charge is 2.42. The Balaban J connectivity index is 1.70. The lowest BCUT2D eigenvalue weighted by molar-refractivity contribution is -0.183. The molecule has 134 valence electrons. The number of nitrogens with one attached hydrogen (secondary N) is 2. The average molecular weight is 344 g/mol. The lowest BCUT2D eigenvalue weighted by atomic mass is 9.85. The molecular weight excluding hydrogens is 321 g/mol. The minimum absolute atomic E-state index is 0.0659. The lowest BCUT2D eigenvalue weighted by Gasteiger charge is -2.31. The van der Waals surface area contributed by atoms with Crippen LogP contribution in [0.3, 0.4) is 0 Å². The van der Waals surface area contributed by atoms with Gasteiger partial charge in [0.05, 0.1) is 12.0 Å². The highest BCUT2D eigenvalue weighted by Crippen LogP contribution is 2.37. The normalized spacial score (nSPS) is 22.7. The van der Waals surface area contributed by atoms with E-state index in [1.807, 2.05) is 18.2 Å². The van der Waals surface area contributed by atoms with Gasteiger partial charge in [-0.15, -0.1) is 0 Å². The van der Waals surface area contributed by atoms with E-state index in [-0.39, 0.29) is 19.4 Å². The van der Waals surface area contributed by atoms with Crippen molar-refractivity contribution in [3.8, 4) is 0 Å². The fourth-order valence-electron chi connectivity index (χ4n) is 3.02. The number of halogens is 3. The molecular formula is C17H23F3N2O2. The van der Waals surface area contributed by atoms with Crippen LogP contribution in [0.15, 0.2) is 30.3 Å². The molecule has 2 rings (SSSR count). The number of urea groups is 1. The van der Waals surface area contributed by atoms with Gasteiger partial charge in [-0.05, 0) is 31.2 Å². The van der Waals surface area contributed by atoms with Crippen LogP contribution >= 0.6 is 0 Å². The summed E-state index contributed by atoms with van der Waals surface area (Å²) < 4.78 is 38.2. The quantitative estimate of drug-likeness (QED) is 0.765. The van der Waals surface area contributed by atoms with Gasteiger partial charge >= 0.3 is 12.2 Å². The van der Waals surface area contributed by atoms with Crippen LogP contribution in [0.2, 0.25) is 0 Å². The molecule has 1 aliphatic carbocycles. The number of benzene rings is 1. The third-order valence-electron chi connectivity index (χ3n) is 4.36. The number of aliphatic hydroxyl groups is 1. The molecule has 0 aliphatic heterocycles. The minimum atomic E-state index is -4.20. The Labute approximate surface area is 139 Å². The van der Waals surface area contributed by atoms with E-state index in [1.165, 1.54) is 0 Å². The van der Waals surface area contributed by atoms with Gasteiger partial charge in [0.15, 0.2) is 0 Å². The van der Waals surface area contributed by atoms with E-state index in [4.69, 9.17) is 0 Å². The molecule has 1 aromatic rings. The monoisotopic (exact) mass is 344 g/mol. The fraction of sp³-hybridized carbons (Fsp3) is 0.588. The first-order valence-corrected chi connectivity index (χ1v) is 8.20. The van der Waals surface area contributed by atoms with Gasteiger partial charge < -0.3 is 15.7 Å². The van der Waals surface area contributed by atoms with Gasteiger partial charge in [-0.25, -0.2) is 4.79 Å². The molecule has 1 fully saturated rings. The summed E-state index contributed by atoms with van der Waals surface area (Å²) in [4.78, 5) is 11.8. The van der Waals surface area contributed by atoms with Crippen LogP contribution in [-0.4, -0.2) is 29.9 Å². The molecule has 3 unspecified atom stereocenters. The van der Waals surface area contributed by atoms with Crippen LogP contribution in [0.25, 0.3) is 0 Å². The molecule has 0 saturated heterocycles. The van der Waals surface area contributed by atoms with Crippen molar-refractivity contribution < 1.29 is 23.1 Å².